The number of hydrogen-bond donors (Lipinski definition) is 3. The molecule has 1 heterocycles. The van der Waals surface area contributed by atoms with Crippen molar-refractivity contribution < 1.29 is 9.50 Å². The van der Waals surface area contributed by atoms with E-state index >= 15 is 0 Å². The molecule has 0 aliphatic carbocycles. The zero-order chi connectivity index (χ0) is 13.1. The zero-order valence-corrected chi connectivity index (χ0v) is 10.6. The lowest BCUT2D eigenvalue weighted by atomic mass is 10.00. The van der Waals surface area contributed by atoms with Crippen LogP contribution < -0.4 is 11.1 Å². The Hall–Kier alpha value is -1.33. The van der Waals surface area contributed by atoms with Crippen molar-refractivity contribution in [3.05, 3.63) is 23.5 Å². The van der Waals surface area contributed by atoms with E-state index in [4.69, 9.17) is 5.73 Å². The number of phenolic OH excluding ortho intramolecular Hbond substituents is 1. The summed E-state index contributed by atoms with van der Waals surface area (Å²) >= 11 is 0. The monoisotopic (exact) mass is 253 g/mol. The Labute approximate surface area is 107 Å². The number of rotatable bonds is 3. The molecular weight excluding hydrogens is 233 g/mol. The second-order valence-electron chi connectivity index (χ2n) is 4.64. The lowest BCUT2D eigenvalue weighted by molar-refractivity contribution is 0.166. The van der Waals surface area contributed by atoms with Crippen molar-refractivity contribution in [2.45, 2.75) is 19.4 Å². The summed E-state index contributed by atoms with van der Waals surface area (Å²) in [6.07, 6.45) is 0.816. The van der Waals surface area contributed by atoms with Gasteiger partial charge in [0, 0.05) is 43.9 Å². The number of nitrogens with two attached hydrogens (primary N) is 1. The first-order valence-electron chi connectivity index (χ1n) is 6.36. The number of nitrogens with one attached hydrogen (secondary N) is 1. The largest absolute Gasteiger partial charge is 0.505 e. The van der Waals surface area contributed by atoms with Gasteiger partial charge in [-0.05, 0) is 12.5 Å². The molecule has 0 saturated carbocycles. The normalized spacial score (nSPS) is 18.8. The Kier molecular flexibility index (Phi) is 4.04. The predicted molar refractivity (Wildman–Crippen MR) is 70.0 cm³/mol. The van der Waals surface area contributed by atoms with E-state index in [0.717, 1.165) is 38.7 Å². The molecule has 2 rings (SSSR count). The average Bonchev–Trinajstić information content (AvgIpc) is 2.37. The van der Waals surface area contributed by atoms with Crippen LogP contribution in [0.2, 0.25) is 0 Å². The van der Waals surface area contributed by atoms with Crippen molar-refractivity contribution in [1.29, 1.82) is 0 Å². The second kappa shape index (κ2) is 5.54. The van der Waals surface area contributed by atoms with Gasteiger partial charge in [-0.2, -0.15) is 0 Å². The second-order valence-corrected chi connectivity index (χ2v) is 4.64. The van der Waals surface area contributed by atoms with Gasteiger partial charge < -0.3 is 16.2 Å². The van der Waals surface area contributed by atoms with Crippen molar-refractivity contribution in [2.24, 2.45) is 0 Å². The van der Waals surface area contributed by atoms with Gasteiger partial charge in [0.2, 0.25) is 0 Å². The summed E-state index contributed by atoms with van der Waals surface area (Å²) in [5.74, 6) is -0.379. The number of phenols is 1. The first kappa shape index (κ1) is 13.1. The van der Waals surface area contributed by atoms with E-state index < -0.39 is 5.82 Å². The lowest BCUT2D eigenvalue weighted by Crippen LogP contribution is -2.45. The number of anilines is 1. The minimum absolute atomic E-state index is 0.0155. The standard InChI is InChI=1S/C13H20FN3O/c1-2-12(17-5-3-16-4-6-17)10-7-9(14)8-11(15)13(10)18/h7-8,12,16,18H,2-6,15H2,1H3/t12-/m1/s1. The molecule has 0 aromatic heterocycles. The van der Waals surface area contributed by atoms with Crippen LogP contribution in [-0.2, 0) is 0 Å². The van der Waals surface area contributed by atoms with Gasteiger partial charge in [0.05, 0.1) is 5.69 Å². The Morgan fingerprint density at radius 3 is 2.72 bits per heavy atom. The molecule has 1 atom stereocenters. The summed E-state index contributed by atoms with van der Waals surface area (Å²) < 4.78 is 13.4. The highest BCUT2D eigenvalue weighted by Crippen LogP contribution is 2.35. The SMILES string of the molecule is CC[C@H](c1cc(F)cc(N)c1O)N1CCNCC1. The summed E-state index contributed by atoms with van der Waals surface area (Å²) in [6.45, 7) is 5.67. The van der Waals surface area contributed by atoms with Crippen molar-refractivity contribution >= 4 is 5.69 Å². The number of hydrogen-bond acceptors (Lipinski definition) is 4. The quantitative estimate of drug-likeness (QED) is 0.564. The van der Waals surface area contributed by atoms with E-state index in [2.05, 4.69) is 10.2 Å². The van der Waals surface area contributed by atoms with Crippen LogP contribution >= 0.6 is 0 Å². The van der Waals surface area contributed by atoms with Gasteiger partial charge in [-0.3, -0.25) is 4.90 Å². The van der Waals surface area contributed by atoms with Crippen molar-refractivity contribution in [3.8, 4) is 5.75 Å². The molecule has 1 aromatic carbocycles. The number of nitrogens with zero attached hydrogens (tertiary/aromatic N) is 1. The van der Waals surface area contributed by atoms with E-state index in [0.29, 0.717) is 5.56 Å². The molecule has 100 valence electrons. The maximum Gasteiger partial charge on any atom is 0.143 e. The van der Waals surface area contributed by atoms with Crippen molar-refractivity contribution in [1.82, 2.24) is 10.2 Å². The van der Waals surface area contributed by atoms with Crippen LogP contribution in [-0.4, -0.2) is 36.2 Å². The van der Waals surface area contributed by atoms with E-state index in [1.165, 1.54) is 6.07 Å². The highest BCUT2D eigenvalue weighted by Gasteiger charge is 2.24. The molecule has 0 radical (unpaired) electrons. The molecule has 4 nitrogen and oxygen atoms in total. The molecule has 0 unspecified atom stereocenters. The molecule has 1 aliphatic rings. The molecule has 0 amide bonds. The predicted octanol–water partition coefficient (Wildman–Crippen LogP) is 1.47. The molecule has 5 heteroatoms. The minimum Gasteiger partial charge on any atom is -0.505 e. The van der Waals surface area contributed by atoms with Gasteiger partial charge >= 0.3 is 0 Å². The molecule has 0 bridgehead atoms. The van der Waals surface area contributed by atoms with Crippen LogP contribution in [0.25, 0.3) is 0 Å². The van der Waals surface area contributed by atoms with Gasteiger partial charge in [0.25, 0.3) is 0 Å². The first-order chi connectivity index (χ1) is 8.63. The van der Waals surface area contributed by atoms with Gasteiger partial charge in [-0.15, -0.1) is 0 Å². The van der Waals surface area contributed by atoms with E-state index in [9.17, 15) is 9.50 Å². The molecule has 1 aliphatic heterocycles. The fourth-order valence-electron chi connectivity index (χ4n) is 2.56. The zero-order valence-electron chi connectivity index (χ0n) is 10.6. The van der Waals surface area contributed by atoms with Crippen LogP contribution in [0.15, 0.2) is 12.1 Å². The number of piperazine rings is 1. The molecule has 1 saturated heterocycles. The molecular formula is C13H20FN3O. The third-order valence-corrected chi connectivity index (χ3v) is 3.47. The average molecular weight is 253 g/mol. The third-order valence-electron chi connectivity index (χ3n) is 3.47. The summed E-state index contributed by atoms with van der Waals surface area (Å²) in [5.41, 5.74) is 6.33. The number of halogens is 1. The fourth-order valence-corrected chi connectivity index (χ4v) is 2.56. The van der Waals surface area contributed by atoms with Gasteiger partial charge in [-0.1, -0.05) is 6.92 Å². The number of nitrogen functional groups attached to an aromatic ring is 1. The first-order valence-corrected chi connectivity index (χ1v) is 6.36. The Bertz CT molecular complexity index is 419. The molecule has 0 spiro atoms. The minimum atomic E-state index is -0.395. The van der Waals surface area contributed by atoms with Crippen LogP contribution in [0.3, 0.4) is 0 Å². The Morgan fingerprint density at radius 2 is 2.11 bits per heavy atom. The van der Waals surface area contributed by atoms with E-state index in [1.54, 1.807) is 0 Å². The highest BCUT2D eigenvalue weighted by atomic mass is 19.1. The molecule has 1 aromatic rings. The van der Waals surface area contributed by atoms with E-state index in [-0.39, 0.29) is 17.5 Å². The summed E-state index contributed by atoms with van der Waals surface area (Å²) in [7, 11) is 0. The summed E-state index contributed by atoms with van der Waals surface area (Å²) in [4.78, 5) is 2.25. The van der Waals surface area contributed by atoms with Gasteiger partial charge in [-0.25, -0.2) is 4.39 Å². The lowest BCUT2D eigenvalue weighted by Gasteiger charge is -2.35. The van der Waals surface area contributed by atoms with E-state index in [1.807, 2.05) is 6.92 Å². The molecule has 18 heavy (non-hydrogen) atoms. The van der Waals surface area contributed by atoms with Crippen molar-refractivity contribution in [3.63, 3.8) is 0 Å². The van der Waals surface area contributed by atoms with Crippen LogP contribution in [0.4, 0.5) is 10.1 Å². The summed E-state index contributed by atoms with van der Waals surface area (Å²) in [6, 6.07) is 2.57. The highest BCUT2D eigenvalue weighted by molar-refractivity contribution is 5.57. The third kappa shape index (κ3) is 2.57. The topological polar surface area (TPSA) is 61.5 Å². The molecule has 1 fully saturated rings. The number of aromatic hydroxyl groups is 1. The van der Waals surface area contributed by atoms with Crippen LogP contribution in [0.1, 0.15) is 24.9 Å². The van der Waals surface area contributed by atoms with Gasteiger partial charge in [0.1, 0.15) is 11.6 Å². The van der Waals surface area contributed by atoms with Crippen molar-refractivity contribution in [2.75, 3.05) is 31.9 Å². The Morgan fingerprint density at radius 1 is 1.44 bits per heavy atom. The molecule has 4 N–H and O–H groups in total. The van der Waals surface area contributed by atoms with Gasteiger partial charge in [0.15, 0.2) is 0 Å². The fraction of sp³-hybridized carbons (Fsp3) is 0.538. The number of benzene rings is 1. The maximum atomic E-state index is 13.4. The smallest absolute Gasteiger partial charge is 0.143 e. The van der Waals surface area contributed by atoms with Crippen LogP contribution in [0, 0.1) is 5.82 Å². The van der Waals surface area contributed by atoms with Crippen LogP contribution in [0.5, 0.6) is 5.75 Å². The Balaban J connectivity index is 2.31. The summed E-state index contributed by atoms with van der Waals surface area (Å²) in [5, 5.41) is 13.3. The maximum absolute atomic E-state index is 13.4.